The van der Waals surface area contributed by atoms with Crippen molar-refractivity contribution in [2.75, 3.05) is 7.11 Å². The van der Waals surface area contributed by atoms with Gasteiger partial charge in [-0.15, -0.1) is 0 Å². The van der Waals surface area contributed by atoms with E-state index in [1.807, 2.05) is 0 Å². The Kier molecular flexibility index (Phi) is 4.11. The van der Waals surface area contributed by atoms with Crippen molar-refractivity contribution >= 4 is 5.97 Å². The molecule has 0 aromatic rings. The predicted octanol–water partition coefficient (Wildman–Crippen LogP) is 1.19. The highest BCUT2D eigenvalue weighted by Crippen LogP contribution is 2.32. The van der Waals surface area contributed by atoms with Crippen molar-refractivity contribution < 1.29 is 24.1 Å². The Morgan fingerprint density at radius 3 is 2.76 bits per heavy atom. The van der Waals surface area contributed by atoms with Gasteiger partial charge in [-0.1, -0.05) is 6.42 Å². The third-order valence-electron chi connectivity index (χ3n) is 2.92. The number of hydroxylamine groups is 1. The molecule has 1 heterocycles. The van der Waals surface area contributed by atoms with Crippen LogP contribution in [0.25, 0.3) is 0 Å². The SMILES string of the molecule is COC(=O)/C=C\C1ONC2(CCCCC2)OO1. The van der Waals surface area contributed by atoms with E-state index >= 15 is 0 Å². The fraction of sp³-hybridized carbons (Fsp3) is 0.727. The van der Waals surface area contributed by atoms with Gasteiger partial charge in [0.2, 0.25) is 6.29 Å². The monoisotopic (exact) mass is 243 g/mol. The minimum Gasteiger partial charge on any atom is -0.466 e. The molecular weight excluding hydrogens is 226 g/mol. The highest BCUT2D eigenvalue weighted by molar-refractivity contribution is 5.81. The Hall–Kier alpha value is -0.950. The highest BCUT2D eigenvalue weighted by atomic mass is 17.3. The lowest BCUT2D eigenvalue weighted by Crippen LogP contribution is -2.54. The van der Waals surface area contributed by atoms with Crippen LogP contribution in [-0.2, 0) is 24.1 Å². The summed E-state index contributed by atoms with van der Waals surface area (Å²) in [5, 5.41) is 0. The summed E-state index contributed by atoms with van der Waals surface area (Å²) >= 11 is 0. The van der Waals surface area contributed by atoms with Crippen LogP contribution in [0.3, 0.4) is 0 Å². The number of carbonyl (C=O) groups is 1. The largest absolute Gasteiger partial charge is 0.466 e. The molecule has 1 unspecified atom stereocenters. The van der Waals surface area contributed by atoms with Gasteiger partial charge in [0.15, 0.2) is 5.72 Å². The summed E-state index contributed by atoms with van der Waals surface area (Å²) in [5.74, 6) is -0.463. The molecule has 1 saturated carbocycles. The van der Waals surface area contributed by atoms with Crippen LogP contribution in [0.15, 0.2) is 12.2 Å². The van der Waals surface area contributed by atoms with Gasteiger partial charge in [0.25, 0.3) is 0 Å². The van der Waals surface area contributed by atoms with E-state index in [4.69, 9.17) is 14.6 Å². The minimum absolute atomic E-state index is 0.463. The highest BCUT2D eigenvalue weighted by Gasteiger charge is 2.39. The first kappa shape index (κ1) is 12.5. The molecule has 1 atom stereocenters. The Morgan fingerprint density at radius 1 is 1.41 bits per heavy atom. The lowest BCUT2D eigenvalue weighted by molar-refractivity contribution is -0.492. The number of rotatable bonds is 2. The number of ether oxygens (including phenoxy) is 1. The average molecular weight is 243 g/mol. The van der Waals surface area contributed by atoms with E-state index in [2.05, 4.69) is 10.2 Å². The standard InChI is InChI=1S/C11H17NO5/c1-14-9(13)5-6-10-15-12-11(17-16-10)7-3-2-4-8-11/h5-6,10,12H,2-4,7-8H2,1H3/b6-5-. The van der Waals surface area contributed by atoms with Gasteiger partial charge in [0, 0.05) is 6.08 Å². The van der Waals surface area contributed by atoms with E-state index in [1.54, 1.807) is 0 Å². The van der Waals surface area contributed by atoms with Gasteiger partial charge in [0.1, 0.15) is 0 Å². The molecule has 1 spiro atoms. The molecule has 1 aliphatic carbocycles. The van der Waals surface area contributed by atoms with E-state index in [1.165, 1.54) is 25.7 Å². The third kappa shape index (κ3) is 3.26. The molecule has 0 aromatic carbocycles. The molecule has 6 heteroatoms. The molecule has 1 aliphatic heterocycles. The van der Waals surface area contributed by atoms with Crippen LogP contribution in [0.2, 0.25) is 0 Å². The number of esters is 1. The zero-order chi connectivity index (χ0) is 12.1. The number of methoxy groups -OCH3 is 1. The summed E-state index contributed by atoms with van der Waals surface area (Å²) in [5.41, 5.74) is 2.36. The Balaban J connectivity index is 1.81. The first-order valence-electron chi connectivity index (χ1n) is 5.78. The molecule has 1 N–H and O–H groups in total. The molecule has 2 fully saturated rings. The van der Waals surface area contributed by atoms with Crippen molar-refractivity contribution in [3.63, 3.8) is 0 Å². The maximum absolute atomic E-state index is 10.9. The van der Waals surface area contributed by atoms with Crippen molar-refractivity contribution in [3.05, 3.63) is 12.2 Å². The maximum atomic E-state index is 10.9. The molecule has 6 nitrogen and oxygen atoms in total. The third-order valence-corrected chi connectivity index (χ3v) is 2.92. The zero-order valence-electron chi connectivity index (χ0n) is 9.81. The fourth-order valence-electron chi connectivity index (χ4n) is 1.95. The number of nitrogens with one attached hydrogen (secondary N) is 1. The topological polar surface area (TPSA) is 66.0 Å². The van der Waals surface area contributed by atoms with Gasteiger partial charge in [-0.25, -0.2) is 9.68 Å². The van der Waals surface area contributed by atoms with Crippen LogP contribution < -0.4 is 5.48 Å². The van der Waals surface area contributed by atoms with Crippen LogP contribution in [0.1, 0.15) is 32.1 Å². The molecule has 2 aliphatic rings. The van der Waals surface area contributed by atoms with E-state index in [0.29, 0.717) is 0 Å². The van der Waals surface area contributed by atoms with Gasteiger partial charge < -0.3 is 4.74 Å². The summed E-state index contributed by atoms with van der Waals surface area (Å²) in [6.07, 6.45) is 7.02. The molecule has 96 valence electrons. The predicted molar refractivity (Wildman–Crippen MR) is 57.2 cm³/mol. The van der Waals surface area contributed by atoms with Gasteiger partial charge in [-0.3, -0.25) is 4.84 Å². The molecule has 0 amide bonds. The smallest absolute Gasteiger partial charge is 0.330 e. The quantitative estimate of drug-likeness (QED) is 0.446. The van der Waals surface area contributed by atoms with Crippen molar-refractivity contribution in [1.29, 1.82) is 0 Å². The van der Waals surface area contributed by atoms with E-state index in [9.17, 15) is 4.79 Å². The van der Waals surface area contributed by atoms with Crippen LogP contribution in [0.5, 0.6) is 0 Å². The first-order valence-corrected chi connectivity index (χ1v) is 5.78. The summed E-state index contributed by atoms with van der Waals surface area (Å²) in [6, 6.07) is 0. The van der Waals surface area contributed by atoms with Gasteiger partial charge in [-0.2, -0.15) is 10.4 Å². The summed E-state index contributed by atoms with van der Waals surface area (Å²) < 4.78 is 4.45. The van der Waals surface area contributed by atoms with Crippen LogP contribution >= 0.6 is 0 Å². The maximum Gasteiger partial charge on any atom is 0.330 e. The first-order chi connectivity index (χ1) is 8.24. The second-order valence-corrected chi connectivity index (χ2v) is 4.21. The van der Waals surface area contributed by atoms with Gasteiger partial charge in [0.05, 0.1) is 7.11 Å². The van der Waals surface area contributed by atoms with Crippen molar-refractivity contribution in [1.82, 2.24) is 5.48 Å². The fourth-order valence-corrected chi connectivity index (χ4v) is 1.95. The lowest BCUT2D eigenvalue weighted by atomic mass is 9.92. The van der Waals surface area contributed by atoms with Gasteiger partial charge >= 0.3 is 5.97 Å². The number of carbonyl (C=O) groups excluding carboxylic acids is 1. The van der Waals surface area contributed by atoms with Crippen LogP contribution in [0.4, 0.5) is 0 Å². The van der Waals surface area contributed by atoms with Crippen LogP contribution in [0, 0.1) is 0 Å². The van der Waals surface area contributed by atoms with Crippen molar-refractivity contribution in [2.45, 2.75) is 44.1 Å². The van der Waals surface area contributed by atoms with Gasteiger partial charge in [-0.05, 0) is 31.8 Å². The second kappa shape index (κ2) is 5.59. The minimum atomic E-state index is -0.735. The van der Waals surface area contributed by atoms with Crippen molar-refractivity contribution in [2.24, 2.45) is 0 Å². The molecular formula is C11H17NO5. The zero-order valence-corrected chi connectivity index (χ0v) is 9.81. The molecule has 2 rings (SSSR count). The normalized spacial score (nSPS) is 28.4. The second-order valence-electron chi connectivity index (χ2n) is 4.21. The van der Waals surface area contributed by atoms with E-state index in [0.717, 1.165) is 25.7 Å². The number of hydrogen-bond donors (Lipinski definition) is 1. The van der Waals surface area contributed by atoms with E-state index in [-0.39, 0.29) is 0 Å². The molecule has 17 heavy (non-hydrogen) atoms. The molecule has 1 saturated heterocycles. The van der Waals surface area contributed by atoms with E-state index < -0.39 is 18.0 Å². The summed E-state index contributed by atoms with van der Waals surface area (Å²) in [7, 11) is 1.31. The van der Waals surface area contributed by atoms with Crippen LogP contribution in [-0.4, -0.2) is 25.1 Å². The molecule has 0 radical (unpaired) electrons. The lowest BCUT2D eigenvalue weighted by Gasteiger charge is -2.40. The molecule has 0 bridgehead atoms. The molecule has 0 aromatic heterocycles. The Labute approximate surface area is 99.7 Å². The number of hydrogen-bond acceptors (Lipinski definition) is 6. The summed E-state index contributed by atoms with van der Waals surface area (Å²) in [6.45, 7) is 0. The van der Waals surface area contributed by atoms with Crippen molar-refractivity contribution in [3.8, 4) is 0 Å². The Bertz CT molecular complexity index is 288. The summed E-state index contributed by atoms with van der Waals surface area (Å²) in [4.78, 5) is 26.6. The Morgan fingerprint density at radius 2 is 2.18 bits per heavy atom. The average Bonchev–Trinajstić information content (AvgIpc) is 2.39.